The summed E-state index contributed by atoms with van der Waals surface area (Å²) in [6, 6.07) is 3.44. The second kappa shape index (κ2) is 5.48. The molecule has 1 aliphatic rings. The van der Waals surface area contributed by atoms with Gasteiger partial charge in [-0.2, -0.15) is 0 Å². The highest BCUT2D eigenvalue weighted by Gasteiger charge is 2.30. The predicted molar refractivity (Wildman–Crippen MR) is 64.6 cm³/mol. The summed E-state index contributed by atoms with van der Waals surface area (Å²) in [6.07, 6.45) is 1.92. The number of aliphatic hydroxyl groups is 1. The van der Waals surface area contributed by atoms with E-state index in [9.17, 15) is 4.79 Å². The summed E-state index contributed by atoms with van der Waals surface area (Å²) in [7, 11) is 0. The second-order valence-corrected chi connectivity index (χ2v) is 4.17. The van der Waals surface area contributed by atoms with E-state index in [4.69, 9.17) is 10.6 Å². The van der Waals surface area contributed by atoms with Gasteiger partial charge >= 0.3 is 0 Å². The number of hydrogen-bond acceptors (Lipinski definition) is 4. The molecule has 0 aromatic carbocycles. The molecule has 7 nitrogen and oxygen atoms in total. The molecule has 1 unspecified atom stereocenters. The van der Waals surface area contributed by atoms with Gasteiger partial charge in [-0.15, -0.1) is 0 Å². The van der Waals surface area contributed by atoms with Gasteiger partial charge in [-0.25, -0.2) is 4.98 Å². The molecule has 18 heavy (non-hydrogen) atoms. The largest absolute Gasteiger partial charge is 0.392 e. The second-order valence-electron chi connectivity index (χ2n) is 4.17. The molecule has 0 radical (unpaired) electrons. The zero-order valence-corrected chi connectivity index (χ0v) is 9.73. The number of aliphatic hydroxyl groups excluding tert-OH is 1. The van der Waals surface area contributed by atoms with E-state index in [-0.39, 0.29) is 18.4 Å². The van der Waals surface area contributed by atoms with Crippen molar-refractivity contribution in [1.29, 1.82) is 0 Å². The summed E-state index contributed by atoms with van der Waals surface area (Å²) in [5.74, 6) is 0.603. The molecule has 1 fully saturated rings. The van der Waals surface area contributed by atoms with Gasteiger partial charge in [-0.1, -0.05) is 11.2 Å². The van der Waals surface area contributed by atoms with Crippen molar-refractivity contribution in [3.05, 3.63) is 34.3 Å². The van der Waals surface area contributed by atoms with E-state index in [0.29, 0.717) is 30.9 Å². The van der Waals surface area contributed by atoms with E-state index < -0.39 is 0 Å². The maximum atomic E-state index is 11.8. The molecule has 1 aromatic rings. The molecule has 0 saturated carbocycles. The summed E-state index contributed by atoms with van der Waals surface area (Å²) < 4.78 is 0. The molecule has 7 heteroatoms. The van der Waals surface area contributed by atoms with Gasteiger partial charge in [0.15, 0.2) is 0 Å². The lowest BCUT2D eigenvalue weighted by Crippen LogP contribution is -2.25. The summed E-state index contributed by atoms with van der Waals surface area (Å²) in [5.41, 5.74) is 8.96. The van der Waals surface area contributed by atoms with E-state index in [1.54, 1.807) is 23.2 Å². The first kappa shape index (κ1) is 12.3. The number of rotatable bonds is 4. The molecule has 2 rings (SSSR count). The first-order chi connectivity index (χ1) is 8.74. The van der Waals surface area contributed by atoms with Crippen LogP contribution in [0.5, 0.6) is 0 Å². The highest BCUT2D eigenvalue weighted by Crippen LogP contribution is 2.23. The Balaban J connectivity index is 2.08. The standard InChI is InChI=1S/C11H13N5O2/c12-15-14-5-9-3-11(18)16(6-9)10-2-1-8(7-17)4-13-10/h1-2,4,9,17H,3,5-7H2. The average Bonchev–Trinajstić information content (AvgIpc) is 2.78. The van der Waals surface area contributed by atoms with Crippen molar-refractivity contribution in [3.63, 3.8) is 0 Å². The molecule has 2 heterocycles. The van der Waals surface area contributed by atoms with Crippen molar-refractivity contribution in [3.8, 4) is 0 Å². The third-order valence-corrected chi connectivity index (χ3v) is 2.88. The van der Waals surface area contributed by atoms with E-state index in [2.05, 4.69) is 15.0 Å². The first-order valence-electron chi connectivity index (χ1n) is 5.61. The van der Waals surface area contributed by atoms with Crippen molar-refractivity contribution in [2.24, 2.45) is 11.0 Å². The highest BCUT2D eigenvalue weighted by atomic mass is 16.3. The molecule has 1 aromatic heterocycles. The van der Waals surface area contributed by atoms with Crippen molar-refractivity contribution in [1.82, 2.24) is 4.98 Å². The van der Waals surface area contributed by atoms with Crippen LogP contribution in [0.25, 0.3) is 10.4 Å². The third-order valence-electron chi connectivity index (χ3n) is 2.88. The number of carbonyl (C=O) groups is 1. The minimum atomic E-state index is -0.0687. The van der Waals surface area contributed by atoms with E-state index in [1.165, 1.54) is 0 Å². The molecule has 1 N–H and O–H groups in total. The topological polar surface area (TPSA) is 102 Å². The fourth-order valence-electron chi connectivity index (χ4n) is 1.95. The highest BCUT2D eigenvalue weighted by molar-refractivity contribution is 5.94. The molecular formula is C11H13N5O2. The molecule has 1 atom stereocenters. The van der Waals surface area contributed by atoms with Gasteiger partial charge in [-0.3, -0.25) is 9.69 Å². The van der Waals surface area contributed by atoms with Crippen LogP contribution in [-0.4, -0.2) is 29.1 Å². The van der Waals surface area contributed by atoms with Crippen LogP contribution >= 0.6 is 0 Å². The van der Waals surface area contributed by atoms with Crippen molar-refractivity contribution >= 4 is 11.7 Å². The van der Waals surface area contributed by atoms with Crippen LogP contribution in [0.15, 0.2) is 23.4 Å². The Hall–Kier alpha value is -2.11. The molecule has 0 spiro atoms. The lowest BCUT2D eigenvalue weighted by molar-refractivity contribution is -0.117. The van der Waals surface area contributed by atoms with Crippen LogP contribution < -0.4 is 4.90 Å². The fourth-order valence-corrected chi connectivity index (χ4v) is 1.95. The zero-order valence-electron chi connectivity index (χ0n) is 9.73. The lowest BCUT2D eigenvalue weighted by Gasteiger charge is -2.15. The van der Waals surface area contributed by atoms with Crippen LogP contribution in [0.1, 0.15) is 12.0 Å². The molecule has 1 amide bonds. The fraction of sp³-hybridized carbons (Fsp3) is 0.455. The van der Waals surface area contributed by atoms with Gasteiger partial charge in [0.25, 0.3) is 0 Å². The average molecular weight is 247 g/mol. The van der Waals surface area contributed by atoms with Gasteiger partial charge in [0.1, 0.15) is 5.82 Å². The summed E-state index contributed by atoms with van der Waals surface area (Å²) in [6.45, 7) is 0.775. The number of amides is 1. The maximum absolute atomic E-state index is 11.8. The number of hydrogen-bond donors (Lipinski definition) is 1. The van der Waals surface area contributed by atoms with Gasteiger partial charge in [0.2, 0.25) is 5.91 Å². The smallest absolute Gasteiger partial charge is 0.228 e. The third kappa shape index (κ3) is 2.58. The van der Waals surface area contributed by atoms with E-state index in [1.807, 2.05) is 0 Å². The van der Waals surface area contributed by atoms with E-state index >= 15 is 0 Å². The maximum Gasteiger partial charge on any atom is 0.228 e. The Morgan fingerprint density at radius 2 is 2.44 bits per heavy atom. The number of anilines is 1. The Bertz CT molecular complexity index is 481. The first-order valence-corrected chi connectivity index (χ1v) is 5.61. The molecule has 0 aliphatic carbocycles. The molecule has 1 aliphatic heterocycles. The van der Waals surface area contributed by atoms with Crippen LogP contribution in [0.2, 0.25) is 0 Å². The summed E-state index contributed by atoms with van der Waals surface area (Å²) in [4.78, 5) is 20.2. The predicted octanol–water partition coefficient (Wildman–Crippen LogP) is 1.24. The van der Waals surface area contributed by atoms with Gasteiger partial charge < -0.3 is 5.11 Å². The Morgan fingerprint density at radius 3 is 3.06 bits per heavy atom. The Kier molecular flexibility index (Phi) is 3.76. The van der Waals surface area contributed by atoms with E-state index in [0.717, 1.165) is 0 Å². The van der Waals surface area contributed by atoms with Gasteiger partial charge in [0.05, 0.1) is 6.61 Å². The minimum Gasteiger partial charge on any atom is -0.392 e. The van der Waals surface area contributed by atoms with Gasteiger partial charge in [-0.05, 0) is 23.1 Å². The van der Waals surface area contributed by atoms with Crippen molar-refractivity contribution < 1.29 is 9.90 Å². The number of nitrogens with zero attached hydrogens (tertiary/aromatic N) is 5. The van der Waals surface area contributed by atoms with Crippen LogP contribution in [0.3, 0.4) is 0 Å². The summed E-state index contributed by atoms with van der Waals surface area (Å²) in [5, 5.41) is 12.4. The number of azide groups is 1. The van der Waals surface area contributed by atoms with Crippen LogP contribution in [0, 0.1) is 5.92 Å². The summed E-state index contributed by atoms with van der Waals surface area (Å²) >= 11 is 0. The Morgan fingerprint density at radius 1 is 1.61 bits per heavy atom. The molecule has 94 valence electrons. The van der Waals surface area contributed by atoms with Gasteiger partial charge in [0, 0.05) is 30.6 Å². The van der Waals surface area contributed by atoms with Crippen molar-refractivity contribution in [2.75, 3.05) is 18.0 Å². The SMILES string of the molecule is [N-]=[N+]=NCC1CC(=O)N(c2ccc(CO)cn2)C1. The number of carbonyl (C=O) groups excluding carboxylic acids is 1. The monoisotopic (exact) mass is 247 g/mol. The lowest BCUT2D eigenvalue weighted by atomic mass is 10.1. The van der Waals surface area contributed by atoms with Crippen molar-refractivity contribution in [2.45, 2.75) is 13.0 Å². The molecular weight excluding hydrogens is 234 g/mol. The minimum absolute atomic E-state index is 0.0163. The number of pyridine rings is 1. The number of aromatic nitrogens is 1. The van der Waals surface area contributed by atoms with Crippen LogP contribution in [-0.2, 0) is 11.4 Å². The Labute approximate surface area is 104 Å². The molecule has 0 bridgehead atoms. The van der Waals surface area contributed by atoms with Crippen LogP contribution in [0.4, 0.5) is 5.82 Å². The zero-order chi connectivity index (χ0) is 13.0. The quantitative estimate of drug-likeness (QED) is 0.491. The normalized spacial score (nSPS) is 18.8. The molecule has 1 saturated heterocycles.